The van der Waals surface area contributed by atoms with Gasteiger partial charge in [0.05, 0.1) is 0 Å². The van der Waals surface area contributed by atoms with E-state index < -0.39 is 17.4 Å². The molecule has 30 heavy (non-hydrogen) atoms. The van der Waals surface area contributed by atoms with E-state index in [1.165, 1.54) is 6.07 Å². The summed E-state index contributed by atoms with van der Waals surface area (Å²) in [6.07, 6.45) is 4.44. The maximum absolute atomic E-state index is 13.8. The summed E-state index contributed by atoms with van der Waals surface area (Å²) in [6, 6.07) is 5.80. The second-order valence-corrected chi connectivity index (χ2v) is 8.57. The largest absolute Gasteiger partial charge is 0.487 e. The summed E-state index contributed by atoms with van der Waals surface area (Å²) < 4.78 is 19.5. The van der Waals surface area contributed by atoms with E-state index in [1.54, 1.807) is 23.1 Å². The highest BCUT2D eigenvalue weighted by atomic mass is 19.1. The fourth-order valence-corrected chi connectivity index (χ4v) is 4.82. The minimum Gasteiger partial charge on any atom is -0.487 e. The molecule has 3 fully saturated rings. The molecule has 0 aromatic heterocycles. The van der Waals surface area contributed by atoms with Crippen LogP contribution in [-0.2, 0) is 9.59 Å². The highest BCUT2D eigenvalue weighted by Gasteiger charge is 2.55. The zero-order chi connectivity index (χ0) is 21.3. The number of likely N-dealkylation sites (tertiary alicyclic amines) is 1. The van der Waals surface area contributed by atoms with Crippen LogP contribution in [0.1, 0.15) is 45.4 Å². The summed E-state index contributed by atoms with van der Waals surface area (Å²) >= 11 is 0. The molecule has 2 atom stereocenters. The Morgan fingerprint density at radius 3 is 2.63 bits per heavy atom. The van der Waals surface area contributed by atoms with E-state index in [-0.39, 0.29) is 36.1 Å². The zero-order valence-electron chi connectivity index (χ0n) is 17.2. The van der Waals surface area contributed by atoms with E-state index in [9.17, 15) is 18.8 Å². The van der Waals surface area contributed by atoms with Crippen molar-refractivity contribution >= 4 is 17.8 Å². The highest BCUT2D eigenvalue weighted by Crippen LogP contribution is 2.38. The van der Waals surface area contributed by atoms with E-state index in [0.29, 0.717) is 32.4 Å². The number of hydrogen-bond acceptors (Lipinski definition) is 4. The van der Waals surface area contributed by atoms with Gasteiger partial charge in [0, 0.05) is 25.9 Å². The minimum atomic E-state index is -0.851. The van der Waals surface area contributed by atoms with Crippen LogP contribution in [0.15, 0.2) is 24.3 Å². The molecule has 2 aliphatic heterocycles. The first-order chi connectivity index (χ1) is 14.4. The van der Waals surface area contributed by atoms with Gasteiger partial charge >= 0.3 is 6.03 Å². The van der Waals surface area contributed by atoms with E-state index >= 15 is 0 Å². The third-order valence-electron chi connectivity index (χ3n) is 6.72. The van der Waals surface area contributed by atoms with Crippen molar-refractivity contribution in [3.8, 4) is 5.75 Å². The Balaban J connectivity index is 1.32. The molecule has 1 aliphatic carbocycles. The minimum absolute atomic E-state index is 0.0640. The first kappa shape index (κ1) is 20.6. The van der Waals surface area contributed by atoms with Gasteiger partial charge in [-0.15, -0.1) is 0 Å². The molecule has 0 bridgehead atoms. The van der Waals surface area contributed by atoms with Crippen molar-refractivity contribution in [1.29, 1.82) is 0 Å². The van der Waals surface area contributed by atoms with Gasteiger partial charge in [-0.05, 0) is 30.9 Å². The van der Waals surface area contributed by atoms with Crippen LogP contribution >= 0.6 is 0 Å². The number of hydrogen-bond donors (Lipinski definition) is 1. The van der Waals surface area contributed by atoms with Crippen LogP contribution in [0.2, 0.25) is 0 Å². The molecule has 1 spiro atoms. The summed E-state index contributed by atoms with van der Waals surface area (Å²) in [5.41, 5.74) is -0.851. The fourth-order valence-electron chi connectivity index (χ4n) is 4.82. The molecule has 162 valence electrons. The van der Waals surface area contributed by atoms with Crippen molar-refractivity contribution in [1.82, 2.24) is 15.1 Å². The van der Waals surface area contributed by atoms with Crippen LogP contribution in [0.4, 0.5) is 9.18 Å². The maximum Gasteiger partial charge on any atom is 0.325 e. The van der Waals surface area contributed by atoms with Gasteiger partial charge in [-0.25, -0.2) is 9.18 Å². The number of carbonyl (C=O) groups excluding carboxylic acids is 3. The Labute approximate surface area is 175 Å². The van der Waals surface area contributed by atoms with E-state index in [2.05, 4.69) is 5.32 Å². The SMILES string of the molecule is C[C@H]1CCCC[C@@]12NC(=O)N(CC(=O)N1CCC(Oc3ccccc3F)CC1)C2=O. The number of nitrogens with one attached hydrogen (secondary N) is 1. The first-order valence-electron chi connectivity index (χ1n) is 10.7. The lowest BCUT2D eigenvalue weighted by molar-refractivity contribution is -0.141. The molecular formula is C22H28FN3O4. The molecule has 3 aliphatic rings. The summed E-state index contributed by atoms with van der Waals surface area (Å²) in [4.78, 5) is 41.0. The number of halogens is 1. The number of imide groups is 1. The molecule has 1 N–H and O–H groups in total. The fraction of sp³-hybridized carbons (Fsp3) is 0.591. The molecule has 0 unspecified atom stereocenters. The Hall–Kier alpha value is -2.64. The number of ether oxygens (including phenoxy) is 1. The summed E-state index contributed by atoms with van der Waals surface area (Å²) in [7, 11) is 0. The second-order valence-electron chi connectivity index (χ2n) is 8.57. The number of benzene rings is 1. The van der Waals surface area contributed by atoms with Crippen LogP contribution < -0.4 is 10.1 Å². The molecule has 7 nitrogen and oxygen atoms in total. The summed E-state index contributed by atoms with van der Waals surface area (Å²) in [6.45, 7) is 2.65. The topological polar surface area (TPSA) is 79.0 Å². The van der Waals surface area contributed by atoms with E-state index in [0.717, 1.165) is 24.2 Å². The number of urea groups is 1. The predicted molar refractivity (Wildman–Crippen MR) is 107 cm³/mol. The molecule has 4 amide bonds. The standard InChI is InChI=1S/C22H28FN3O4/c1-15-6-4-5-11-22(15)20(28)26(21(29)24-22)14-19(27)25-12-9-16(10-13-25)30-18-8-3-2-7-17(18)23/h2-3,7-8,15-16H,4-6,9-14H2,1H3,(H,24,29)/t15-,22+/m0/s1. The monoisotopic (exact) mass is 417 g/mol. The van der Waals surface area contributed by atoms with Crippen LogP contribution in [0.25, 0.3) is 0 Å². The van der Waals surface area contributed by atoms with Gasteiger partial charge < -0.3 is 15.0 Å². The van der Waals surface area contributed by atoms with Gasteiger partial charge in [0.25, 0.3) is 5.91 Å². The lowest BCUT2D eigenvalue weighted by Gasteiger charge is -2.37. The Bertz CT molecular complexity index is 839. The predicted octanol–water partition coefficient (Wildman–Crippen LogP) is 2.70. The van der Waals surface area contributed by atoms with Crippen molar-refractivity contribution < 1.29 is 23.5 Å². The second kappa shape index (κ2) is 8.24. The van der Waals surface area contributed by atoms with Crippen molar-refractivity contribution in [2.75, 3.05) is 19.6 Å². The molecule has 1 aromatic rings. The maximum atomic E-state index is 13.8. The Morgan fingerprint density at radius 2 is 1.93 bits per heavy atom. The van der Waals surface area contributed by atoms with Gasteiger partial charge in [-0.2, -0.15) is 0 Å². The third-order valence-corrected chi connectivity index (χ3v) is 6.72. The van der Waals surface area contributed by atoms with Gasteiger partial charge in [0.2, 0.25) is 5.91 Å². The van der Waals surface area contributed by atoms with Crippen LogP contribution in [0.3, 0.4) is 0 Å². The average molecular weight is 417 g/mol. The lowest BCUT2D eigenvalue weighted by Crippen LogP contribution is -2.54. The molecule has 4 rings (SSSR count). The first-order valence-corrected chi connectivity index (χ1v) is 10.7. The normalized spacial score (nSPS) is 27.5. The molecular weight excluding hydrogens is 389 g/mol. The summed E-state index contributed by atoms with van der Waals surface area (Å²) in [5.74, 6) is -0.641. The van der Waals surface area contributed by atoms with Crippen molar-refractivity contribution in [3.63, 3.8) is 0 Å². The Morgan fingerprint density at radius 1 is 1.20 bits per heavy atom. The molecule has 0 radical (unpaired) electrons. The molecule has 8 heteroatoms. The van der Waals surface area contributed by atoms with Crippen LogP contribution in [0.5, 0.6) is 5.75 Å². The quantitative estimate of drug-likeness (QED) is 0.764. The van der Waals surface area contributed by atoms with Gasteiger partial charge in [-0.3, -0.25) is 14.5 Å². The lowest BCUT2D eigenvalue weighted by atomic mass is 9.73. The van der Waals surface area contributed by atoms with Gasteiger partial charge in [-0.1, -0.05) is 31.9 Å². The molecule has 2 heterocycles. The number of rotatable bonds is 4. The van der Waals surface area contributed by atoms with Crippen molar-refractivity contribution in [3.05, 3.63) is 30.1 Å². The van der Waals surface area contributed by atoms with Gasteiger partial charge in [0.15, 0.2) is 11.6 Å². The van der Waals surface area contributed by atoms with Crippen molar-refractivity contribution in [2.24, 2.45) is 5.92 Å². The number of para-hydroxylation sites is 1. The third kappa shape index (κ3) is 3.75. The highest BCUT2D eigenvalue weighted by molar-refractivity contribution is 6.09. The smallest absolute Gasteiger partial charge is 0.325 e. The van der Waals surface area contributed by atoms with Gasteiger partial charge in [0.1, 0.15) is 18.2 Å². The Kier molecular flexibility index (Phi) is 5.66. The number of piperidine rings is 1. The number of amides is 4. The van der Waals surface area contributed by atoms with Crippen LogP contribution in [-0.4, -0.2) is 58.9 Å². The zero-order valence-corrected chi connectivity index (χ0v) is 17.2. The number of carbonyl (C=O) groups is 3. The van der Waals surface area contributed by atoms with Crippen LogP contribution in [0, 0.1) is 11.7 Å². The number of nitrogens with zero attached hydrogens (tertiary/aromatic N) is 2. The average Bonchev–Trinajstić information content (AvgIpc) is 2.97. The molecule has 1 aromatic carbocycles. The summed E-state index contributed by atoms with van der Waals surface area (Å²) in [5, 5.41) is 2.88. The molecule has 1 saturated carbocycles. The van der Waals surface area contributed by atoms with E-state index in [4.69, 9.17) is 4.74 Å². The molecule has 2 saturated heterocycles. The van der Waals surface area contributed by atoms with E-state index in [1.807, 2.05) is 6.92 Å². The van der Waals surface area contributed by atoms with Crippen molar-refractivity contribution in [2.45, 2.75) is 57.1 Å².